The lowest BCUT2D eigenvalue weighted by Gasteiger charge is -2.02. The van der Waals surface area contributed by atoms with Crippen molar-refractivity contribution in [3.63, 3.8) is 0 Å². The van der Waals surface area contributed by atoms with Crippen LogP contribution in [0.2, 0.25) is 0 Å². The molecule has 0 atom stereocenters. The molecular weight excluding hydrogens is 196 g/mol. The molecular formula is C15H22O. The summed E-state index contributed by atoms with van der Waals surface area (Å²) < 4.78 is 5.31. The Morgan fingerprint density at radius 3 is 2.12 bits per heavy atom. The Morgan fingerprint density at radius 2 is 1.81 bits per heavy atom. The van der Waals surface area contributed by atoms with Crippen LogP contribution in [0.1, 0.15) is 26.3 Å². The summed E-state index contributed by atoms with van der Waals surface area (Å²) in [5.74, 6) is 0.963. The summed E-state index contributed by atoms with van der Waals surface area (Å²) in [7, 11) is 0. The molecule has 1 aromatic carbocycles. The van der Waals surface area contributed by atoms with Crippen molar-refractivity contribution >= 4 is 0 Å². The van der Waals surface area contributed by atoms with E-state index >= 15 is 0 Å². The molecule has 0 amide bonds. The lowest BCUT2D eigenvalue weighted by Crippen LogP contribution is -1.90. The quantitative estimate of drug-likeness (QED) is 0.681. The normalized spacial score (nSPS) is 9.44. The van der Waals surface area contributed by atoms with Crippen LogP contribution in [0.15, 0.2) is 49.1 Å². The minimum absolute atomic E-state index is 0.742. The minimum Gasteiger partial charge on any atom is -0.494 e. The van der Waals surface area contributed by atoms with Crippen LogP contribution in [0.25, 0.3) is 0 Å². The summed E-state index contributed by atoms with van der Waals surface area (Å²) in [4.78, 5) is 0. The van der Waals surface area contributed by atoms with Gasteiger partial charge in [-0.3, -0.25) is 0 Å². The summed E-state index contributed by atoms with van der Waals surface area (Å²) in [5.41, 5.74) is 1.36. The molecule has 0 aromatic heterocycles. The zero-order valence-corrected chi connectivity index (χ0v) is 10.6. The van der Waals surface area contributed by atoms with Crippen molar-refractivity contribution < 1.29 is 4.74 Å². The van der Waals surface area contributed by atoms with E-state index in [4.69, 9.17) is 4.74 Å². The van der Waals surface area contributed by atoms with Crippen LogP contribution in [-0.2, 0) is 6.42 Å². The maximum absolute atomic E-state index is 5.31. The molecule has 88 valence electrons. The van der Waals surface area contributed by atoms with Gasteiger partial charge in [0.1, 0.15) is 5.75 Å². The molecule has 0 saturated heterocycles. The molecule has 0 bridgehead atoms. The first kappa shape index (κ1) is 14.5. The van der Waals surface area contributed by atoms with Crippen molar-refractivity contribution in [3.8, 4) is 5.75 Å². The van der Waals surface area contributed by atoms with E-state index in [0.717, 1.165) is 18.8 Å². The fraction of sp³-hybridized carbons (Fsp3) is 0.333. The van der Waals surface area contributed by atoms with Crippen molar-refractivity contribution in [2.75, 3.05) is 6.61 Å². The largest absolute Gasteiger partial charge is 0.494 e. The Kier molecular flexibility index (Phi) is 9.09. The van der Waals surface area contributed by atoms with Gasteiger partial charge in [0.25, 0.3) is 0 Å². The van der Waals surface area contributed by atoms with Gasteiger partial charge >= 0.3 is 0 Å². The highest BCUT2D eigenvalue weighted by atomic mass is 16.5. The molecule has 0 heterocycles. The van der Waals surface area contributed by atoms with E-state index in [9.17, 15) is 0 Å². The fourth-order valence-electron chi connectivity index (χ4n) is 1.12. The molecule has 1 rings (SSSR count). The van der Waals surface area contributed by atoms with Gasteiger partial charge in [-0.25, -0.2) is 0 Å². The average Bonchev–Trinajstić information content (AvgIpc) is 2.32. The molecule has 0 radical (unpaired) electrons. The third-order valence-corrected chi connectivity index (χ3v) is 1.97. The maximum atomic E-state index is 5.31. The standard InChI is InChI=1S/C10H14O.C5H8/c1-3-9-5-7-10(8-6-9)11-4-2;1-3-5-4-2/h5-8H,3-4H2,1-2H3;3-5H,1H2,2H3/b;5-4-. The maximum Gasteiger partial charge on any atom is 0.119 e. The van der Waals surface area contributed by atoms with Gasteiger partial charge in [-0.15, -0.1) is 0 Å². The molecule has 0 saturated carbocycles. The van der Waals surface area contributed by atoms with Gasteiger partial charge < -0.3 is 4.74 Å². The summed E-state index contributed by atoms with van der Waals surface area (Å²) in [6.07, 6.45) is 6.67. The molecule has 16 heavy (non-hydrogen) atoms. The number of ether oxygens (including phenoxy) is 1. The lowest BCUT2D eigenvalue weighted by molar-refractivity contribution is 0.340. The molecule has 0 unspecified atom stereocenters. The molecule has 0 aliphatic heterocycles. The Balaban J connectivity index is 0.000000385. The third kappa shape index (κ3) is 6.88. The molecule has 1 aromatic rings. The monoisotopic (exact) mass is 218 g/mol. The summed E-state index contributed by atoms with van der Waals surface area (Å²) >= 11 is 0. The molecule has 0 aliphatic rings. The highest BCUT2D eigenvalue weighted by Gasteiger charge is 1.90. The van der Waals surface area contributed by atoms with E-state index < -0.39 is 0 Å². The smallest absolute Gasteiger partial charge is 0.119 e. The third-order valence-electron chi connectivity index (χ3n) is 1.97. The van der Waals surface area contributed by atoms with Crippen molar-refractivity contribution in [2.45, 2.75) is 27.2 Å². The van der Waals surface area contributed by atoms with Gasteiger partial charge in [0.15, 0.2) is 0 Å². The van der Waals surface area contributed by atoms with Crippen molar-refractivity contribution in [1.82, 2.24) is 0 Å². The zero-order valence-electron chi connectivity index (χ0n) is 10.6. The van der Waals surface area contributed by atoms with Gasteiger partial charge in [0.2, 0.25) is 0 Å². The number of benzene rings is 1. The van der Waals surface area contributed by atoms with Crippen molar-refractivity contribution in [3.05, 3.63) is 54.6 Å². The lowest BCUT2D eigenvalue weighted by atomic mass is 10.2. The molecule has 0 N–H and O–H groups in total. The van der Waals surface area contributed by atoms with Crippen LogP contribution in [-0.4, -0.2) is 6.61 Å². The van der Waals surface area contributed by atoms with Gasteiger partial charge in [-0.2, -0.15) is 0 Å². The van der Waals surface area contributed by atoms with Gasteiger partial charge in [-0.1, -0.05) is 43.9 Å². The highest BCUT2D eigenvalue weighted by Crippen LogP contribution is 2.11. The predicted molar refractivity (Wildman–Crippen MR) is 72.0 cm³/mol. The number of aryl methyl sites for hydroxylation is 1. The number of allylic oxidation sites excluding steroid dienone is 3. The summed E-state index contributed by atoms with van der Waals surface area (Å²) in [6.45, 7) is 10.3. The van der Waals surface area contributed by atoms with Crippen LogP contribution in [0.5, 0.6) is 5.75 Å². The van der Waals surface area contributed by atoms with E-state index in [1.165, 1.54) is 5.56 Å². The Labute approximate surface area is 99.5 Å². The van der Waals surface area contributed by atoms with Gasteiger partial charge in [-0.05, 0) is 38.0 Å². The van der Waals surface area contributed by atoms with Crippen LogP contribution >= 0.6 is 0 Å². The van der Waals surface area contributed by atoms with Crippen LogP contribution in [0, 0.1) is 0 Å². The van der Waals surface area contributed by atoms with E-state index in [2.05, 4.69) is 25.6 Å². The first-order chi connectivity index (χ1) is 7.78. The van der Waals surface area contributed by atoms with Crippen molar-refractivity contribution in [1.29, 1.82) is 0 Å². The number of rotatable bonds is 4. The first-order valence-electron chi connectivity index (χ1n) is 5.73. The fourth-order valence-corrected chi connectivity index (χ4v) is 1.12. The predicted octanol–water partition coefficient (Wildman–Crippen LogP) is 4.40. The molecule has 1 nitrogen and oxygen atoms in total. The number of hydrogen-bond donors (Lipinski definition) is 0. The average molecular weight is 218 g/mol. The Morgan fingerprint density at radius 1 is 1.19 bits per heavy atom. The van der Waals surface area contributed by atoms with E-state index in [1.807, 2.05) is 38.1 Å². The summed E-state index contributed by atoms with van der Waals surface area (Å²) in [6, 6.07) is 8.24. The summed E-state index contributed by atoms with van der Waals surface area (Å²) in [5, 5.41) is 0. The van der Waals surface area contributed by atoms with Crippen LogP contribution < -0.4 is 4.74 Å². The second-order valence-electron chi connectivity index (χ2n) is 3.19. The Bertz CT molecular complexity index is 296. The molecule has 1 heteroatoms. The van der Waals surface area contributed by atoms with E-state index in [1.54, 1.807) is 6.08 Å². The number of hydrogen-bond acceptors (Lipinski definition) is 1. The van der Waals surface area contributed by atoms with Crippen LogP contribution in [0.3, 0.4) is 0 Å². The second-order valence-corrected chi connectivity index (χ2v) is 3.19. The van der Waals surface area contributed by atoms with Crippen LogP contribution in [0.4, 0.5) is 0 Å². The SMILES string of the molecule is C=C/C=C\C.CCOc1ccc(CC)cc1. The first-order valence-corrected chi connectivity index (χ1v) is 5.73. The zero-order chi connectivity index (χ0) is 12.2. The molecule has 0 fully saturated rings. The second kappa shape index (κ2) is 10.0. The molecule has 0 spiro atoms. The van der Waals surface area contributed by atoms with Gasteiger partial charge in [0.05, 0.1) is 6.61 Å². The highest BCUT2D eigenvalue weighted by molar-refractivity contribution is 5.27. The van der Waals surface area contributed by atoms with E-state index in [0.29, 0.717) is 0 Å². The van der Waals surface area contributed by atoms with Gasteiger partial charge in [0, 0.05) is 0 Å². The van der Waals surface area contributed by atoms with Crippen molar-refractivity contribution in [2.24, 2.45) is 0 Å². The topological polar surface area (TPSA) is 9.23 Å². The molecule has 0 aliphatic carbocycles. The Hall–Kier alpha value is -1.50. The minimum atomic E-state index is 0.742. The van der Waals surface area contributed by atoms with E-state index in [-0.39, 0.29) is 0 Å².